The Morgan fingerprint density at radius 1 is 1.43 bits per heavy atom. The van der Waals surface area contributed by atoms with Gasteiger partial charge in [-0.15, -0.1) is 0 Å². The standard InChI is InChI=1S/C17H17NO3/c1-18-7-6-17-10-3-5-13(20)16(17)21-15-12(19)4-2-9(14(15)17)8-11(10)18/h2-4,11,16,19H,5-8H2,1H3/t11?,16?,17-/m0/s1. The summed E-state index contributed by atoms with van der Waals surface area (Å²) in [6.45, 7) is 0.962. The van der Waals surface area contributed by atoms with Crippen molar-refractivity contribution in [3.05, 3.63) is 34.9 Å². The molecule has 2 heterocycles. The van der Waals surface area contributed by atoms with Crippen molar-refractivity contribution in [2.45, 2.75) is 36.8 Å². The molecule has 5 rings (SSSR count). The van der Waals surface area contributed by atoms with Gasteiger partial charge >= 0.3 is 0 Å². The molecule has 1 fully saturated rings. The maximum atomic E-state index is 12.4. The molecule has 1 saturated heterocycles. The van der Waals surface area contributed by atoms with Gasteiger partial charge in [0.2, 0.25) is 0 Å². The summed E-state index contributed by atoms with van der Waals surface area (Å²) in [5.74, 6) is 0.870. The Balaban J connectivity index is 1.88. The van der Waals surface area contributed by atoms with Crippen LogP contribution in [0.1, 0.15) is 24.0 Å². The molecule has 108 valence electrons. The fourth-order valence-electron chi connectivity index (χ4n) is 4.93. The highest BCUT2D eigenvalue weighted by molar-refractivity contribution is 5.92. The number of Topliss-reactive ketones (excluding diaryl/α,β-unsaturated/α-hetero) is 1. The fourth-order valence-corrected chi connectivity index (χ4v) is 4.93. The van der Waals surface area contributed by atoms with Crippen molar-refractivity contribution in [2.24, 2.45) is 0 Å². The Bertz CT molecular complexity index is 723. The van der Waals surface area contributed by atoms with E-state index in [1.54, 1.807) is 6.07 Å². The first-order valence-electron chi connectivity index (χ1n) is 7.58. The Morgan fingerprint density at radius 3 is 3.14 bits per heavy atom. The number of rotatable bonds is 0. The van der Waals surface area contributed by atoms with Crippen molar-refractivity contribution in [3.8, 4) is 11.5 Å². The lowest BCUT2D eigenvalue weighted by Crippen LogP contribution is -2.60. The molecule has 1 spiro atoms. The molecule has 4 heteroatoms. The third kappa shape index (κ3) is 1.16. The first-order valence-corrected chi connectivity index (χ1v) is 7.58. The first-order chi connectivity index (χ1) is 10.1. The highest BCUT2D eigenvalue weighted by Gasteiger charge is 2.62. The summed E-state index contributed by atoms with van der Waals surface area (Å²) >= 11 is 0. The number of benzene rings is 1. The van der Waals surface area contributed by atoms with E-state index < -0.39 is 6.10 Å². The third-order valence-corrected chi connectivity index (χ3v) is 5.85. The second-order valence-corrected chi connectivity index (χ2v) is 6.70. The average molecular weight is 283 g/mol. The zero-order valence-electron chi connectivity index (χ0n) is 11.9. The topological polar surface area (TPSA) is 49.8 Å². The van der Waals surface area contributed by atoms with Gasteiger partial charge < -0.3 is 9.84 Å². The van der Waals surface area contributed by atoms with Crippen molar-refractivity contribution < 1.29 is 14.6 Å². The maximum absolute atomic E-state index is 12.4. The molecule has 0 saturated carbocycles. The van der Waals surface area contributed by atoms with Gasteiger partial charge in [-0.3, -0.25) is 9.69 Å². The number of likely N-dealkylation sites (tertiary alicyclic amines) is 1. The fraction of sp³-hybridized carbons (Fsp3) is 0.471. The molecule has 1 N–H and O–H groups in total. The highest BCUT2D eigenvalue weighted by atomic mass is 16.5. The van der Waals surface area contributed by atoms with Gasteiger partial charge in [-0.1, -0.05) is 12.1 Å². The van der Waals surface area contributed by atoms with Gasteiger partial charge in [0.15, 0.2) is 23.4 Å². The quantitative estimate of drug-likeness (QED) is 0.734. The molecule has 1 aromatic carbocycles. The van der Waals surface area contributed by atoms with Crippen LogP contribution in [-0.2, 0) is 16.6 Å². The lowest BCUT2D eigenvalue weighted by atomic mass is 9.56. The minimum absolute atomic E-state index is 0.144. The lowest BCUT2D eigenvalue weighted by Gasteiger charge is -2.52. The SMILES string of the molecule is CN1CC[C@@]23C4=CCC(=O)C2Oc2c(O)ccc(c23)CC41. The van der Waals surface area contributed by atoms with Gasteiger partial charge in [0.25, 0.3) is 0 Å². The van der Waals surface area contributed by atoms with Gasteiger partial charge in [0.1, 0.15) is 0 Å². The van der Waals surface area contributed by atoms with E-state index in [0.29, 0.717) is 18.2 Å². The summed E-state index contributed by atoms with van der Waals surface area (Å²) in [4.78, 5) is 14.8. The summed E-state index contributed by atoms with van der Waals surface area (Å²) < 4.78 is 6.00. The molecule has 0 aromatic heterocycles. The molecule has 1 aromatic rings. The maximum Gasteiger partial charge on any atom is 0.178 e. The van der Waals surface area contributed by atoms with Gasteiger partial charge in [-0.2, -0.15) is 0 Å². The van der Waals surface area contributed by atoms with Gasteiger partial charge in [-0.25, -0.2) is 0 Å². The number of hydrogen-bond acceptors (Lipinski definition) is 4. The number of piperidine rings is 1. The molecule has 4 aliphatic rings. The van der Waals surface area contributed by atoms with Crippen molar-refractivity contribution >= 4 is 5.78 Å². The van der Waals surface area contributed by atoms with Gasteiger partial charge in [-0.05, 0) is 43.6 Å². The summed E-state index contributed by atoms with van der Waals surface area (Å²) in [5, 5.41) is 10.2. The molecule has 21 heavy (non-hydrogen) atoms. The normalized spacial score (nSPS) is 36.0. The Morgan fingerprint density at radius 2 is 2.29 bits per heavy atom. The number of phenolic OH excluding ortho intramolecular Hbond substituents is 1. The van der Waals surface area contributed by atoms with E-state index in [2.05, 4.69) is 18.0 Å². The van der Waals surface area contributed by atoms with Gasteiger partial charge in [0, 0.05) is 18.0 Å². The van der Waals surface area contributed by atoms with E-state index >= 15 is 0 Å². The number of ketones is 1. The molecule has 0 amide bonds. The van der Waals surface area contributed by atoms with Crippen LogP contribution in [0.25, 0.3) is 0 Å². The van der Waals surface area contributed by atoms with Crippen LogP contribution < -0.4 is 4.74 Å². The number of carbonyl (C=O) groups excluding carboxylic acids is 1. The van der Waals surface area contributed by atoms with E-state index in [1.807, 2.05) is 6.07 Å². The zero-order valence-corrected chi connectivity index (χ0v) is 11.9. The molecular formula is C17H17NO3. The van der Waals surface area contributed by atoms with Crippen molar-refractivity contribution in [3.63, 3.8) is 0 Å². The largest absolute Gasteiger partial charge is 0.504 e. The number of ether oxygens (including phenoxy) is 1. The second kappa shape index (κ2) is 3.50. The van der Waals surface area contributed by atoms with Gasteiger partial charge in [0.05, 0.1) is 5.41 Å². The number of aromatic hydroxyl groups is 1. The average Bonchev–Trinajstić information content (AvgIpc) is 2.83. The molecule has 2 aliphatic heterocycles. The Hall–Kier alpha value is -1.81. The number of allylic oxidation sites excluding steroid dienone is 1. The number of likely N-dealkylation sites (N-methyl/N-ethyl adjacent to an activating group) is 1. The van der Waals surface area contributed by atoms with Crippen LogP contribution in [0, 0.1) is 0 Å². The molecule has 0 radical (unpaired) electrons. The summed E-state index contributed by atoms with van der Waals surface area (Å²) in [6.07, 6.45) is 3.99. The molecule has 2 unspecified atom stereocenters. The predicted octanol–water partition coefficient (Wildman–Crippen LogP) is 1.55. The molecule has 4 nitrogen and oxygen atoms in total. The van der Waals surface area contributed by atoms with E-state index in [-0.39, 0.29) is 16.9 Å². The van der Waals surface area contributed by atoms with Crippen LogP contribution in [0.4, 0.5) is 0 Å². The molecule has 3 atom stereocenters. The van der Waals surface area contributed by atoms with Crippen molar-refractivity contribution in [2.75, 3.05) is 13.6 Å². The Labute approximate surface area is 123 Å². The van der Waals surface area contributed by atoms with Crippen LogP contribution >= 0.6 is 0 Å². The van der Waals surface area contributed by atoms with Crippen LogP contribution in [0.2, 0.25) is 0 Å². The van der Waals surface area contributed by atoms with E-state index in [1.165, 1.54) is 11.1 Å². The minimum Gasteiger partial charge on any atom is -0.504 e. The zero-order chi connectivity index (χ0) is 14.4. The van der Waals surface area contributed by atoms with E-state index in [4.69, 9.17) is 4.74 Å². The molecular weight excluding hydrogens is 266 g/mol. The monoisotopic (exact) mass is 283 g/mol. The second-order valence-electron chi connectivity index (χ2n) is 6.70. The number of carbonyl (C=O) groups is 1. The van der Waals surface area contributed by atoms with Crippen LogP contribution in [-0.4, -0.2) is 41.5 Å². The van der Waals surface area contributed by atoms with Crippen molar-refractivity contribution in [1.29, 1.82) is 0 Å². The van der Waals surface area contributed by atoms with E-state index in [0.717, 1.165) is 24.9 Å². The first kappa shape index (κ1) is 11.8. The summed E-state index contributed by atoms with van der Waals surface area (Å²) in [6, 6.07) is 4.07. The number of nitrogens with zero attached hydrogens (tertiary/aromatic N) is 1. The minimum atomic E-state index is -0.434. The molecule has 2 aliphatic carbocycles. The number of hydrogen-bond donors (Lipinski definition) is 1. The van der Waals surface area contributed by atoms with Crippen molar-refractivity contribution in [1.82, 2.24) is 4.90 Å². The summed E-state index contributed by atoms with van der Waals surface area (Å²) in [5.41, 5.74) is 3.36. The smallest absolute Gasteiger partial charge is 0.178 e. The van der Waals surface area contributed by atoms with Crippen LogP contribution in [0.3, 0.4) is 0 Å². The highest BCUT2D eigenvalue weighted by Crippen LogP contribution is 2.61. The third-order valence-electron chi connectivity index (χ3n) is 5.85. The van der Waals surface area contributed by atoms with Crippen LogP contribution in [0.5, 0.6) is 11.5 Å². The predicted molar refractivity (Wildman–Crippen MR) is 76.6 cm³/mol. The lowest BCUT2D eigenvalue weighted by molar-refractivity contribution is -0.128. The van der Waals surface area contributed by atoms with Crippen LogP contribution in [0.15, 0.2) is 23.8 Å². The Kier molecular flexibility index (Phi) is 1.97. The molecule has 2 bridgehead atoms. The summed E-state index contributed by atoms with van der Waals surface area (Å²) in [7, 11) is 2.16. The van der Waals surface area contributed by atoms with E-state index in [9.17, 15) is 9.90 Å². The number of phenols is 1.